The van der Waals surface area contributed by atoms with Crippen molar-refractivity contribution in [2.24, 2.45) is 5.41 Å². The Morgan fingerprint density at radius 1 is 1.42 bits per heavy atom. The first-order valence-electron chi connectivity index (χ1n) is 6.29. The Hall–Kier alpha value is -1.91. The van der Waals surface area contributed by atoms with Crippen molar-refractivity contribution in [2.75, 3.05) is 6.61 Å². The molecule has 0 aliphatic rings. The monoisotopic (exact) mass is 265 g/mol. The summed E-state index contributed by atoms with van der Waals surface area (Å²) in [4.78, 5) is 27.7. The molecule has 0 aromatic carbocycles. The smallest absolute Gasteiger partial charge is 0.323 e. The third-order valence-corrected chi connectivity index (χ3v) is 3.27. The molecule has 1 atom stereocenters. The van der Waals surface area contributed by atoms with Crippen LogP contribution >= 0.6 is 0 Å². The predicted molar refractivity (Wildman–Crippen MR) is 69.7 cm³/mol. The number of pyridine rings is 1. The van der Waals surface area contributed by atoms with Gasteiger partial charge in [0.25, 0.3) is 0 Å². The minimum atomic E-state index is -1.56. The van der Waals surface area contributed by atoms with E-state index in [0.29, 0.717) is 5.69 Å². The summed E-state index contributed by atoms with van der Waals surface area (Å²) in [5, 5.41) is 9.44. The number of ether oxygens (including phenoxy) is 1. The largest absolute Gasteiger partial charge is 0.480 e. The van der Waals surface area contributed by atoms with E-state index in [-0.39, 0.29) is 19.4 Å². The number of aromatic nitrogens is 1. The number of carboxylic acid groups (broad SMARTS) is 1. The molecule has 1 N–H and O–H groups in total. The molecular formula is C14H19NO4. The molecule has 1 rings (SSSR count). The lowest BCUT2D eigenvalue weighted by atomic mass is 9.79. The van der Waals surface area contributed by atoms with Crippen LogP contribution in [0.4, 0.5) is 0 Å². The number of carbonyl (C=O) groups excluding carboxylic acids is 1. The number of aliphatic carboxylic acids is 1. The highest BCUT2D eigenvalue weighted by atomic mass is 16.5. The maximum Gasteiger partial charge on any atom is 0.323 e. The quantitative estimate of drug-likeness (QED) is 0.628. The molecule has 0 saturated carbocycles. The predicted octanol–water partition coefficient (Wildman–Crippen LogP) is 1.98. The van der Waals surface area contributed by atoms with Gasteiger partial charge in [-0.1, -0.05) is 13.0 Å². The molecule has 0 spiro atoms. The van der Waals surface area contributed by atoms with Crippen molar-refractivity contribution in [3.05, 3.63) is 29.6 Å². The summed E-state index contributed by atoms with van der Waals surface area (Å²) in [5.74, 6) is -1.87. The average molecular weight is 265 g/mol. The Morgan fingerprint density at radius 3 is 2.58 bits per heavy atom. The van der Waals surface area contributed by atoms with Gasteiger partial charge in [0.1, 0.15) is 0 Å². The molecule has 1 aromatic heterocycles. The maximum atomic E-state index is 12.0. The third-order valence-electron chi connectivity index (χ3n) is 3.27. The number of rotatable bonds is 6. The Bertz CT molecular complexity index is 472. The fourth-order valence-corrected chi connectivity index (χ4v) is 1.91. The first-order valence-corrected chi connectivity index (χ1v) is 6.29. The van der Waals surface area contributed by atoms with E-state index in [1.54, 1.807) is 26.1 Å². The molecule has 1 unspecified atom stereocenters. The van der Waals surface area contributed by atoms with Crippen LogP contribution in [0.2, 0.25) is 0 Å². The Morgan fingerprint density at radius 2 is 2.11 bits per heavy atom. The van der Waals surface area contributed by atoms with E-state index < -0.39 is 17.4 Å². The molecule has 0 aliphatic carbocycles. The van der Waals surface area contributed by atoms with E-state index in [2.05, 4.69) is 4.98 Å². The number of hydrogen-bond acceptors (Lipinski definition) is 4. The molecule has 0 fully saturated rings. The van der Waals surface area contributed by atoms with Crippen molar-refractivity contribution in [3.8, 4) is 0 Å². The minimum Gasteiger partial charge on any atom is -0.480 e. The second-order valence-corrected chi connectivity index (χ2v) is 4.41. The Balaban J connectivity index is 3.15. The highest BCUT2D eigenvalue weighted by Crippen LogP contribution is 2.30. The van der Waals surface area contributed by atoms with E-state index >= 15 is 0 Å². The second kappa shape index (κ2) is 6.31. The van der Waals surface area contributed by atoms with Crippen molar-refractivity contribution >= 4 is 11.9 Å². The van der Waals surface area contributed by atoms with Gasteiger partial charge in [0.2, 0.25) is 0 Å². The molecule has 0 bridgehead atoms. The zero-order valence-electron chi connectivity index (χ0n) is 11.5. The maximum absolute atomic E-state index is 12.0. The average Bonchev–Trinajstić information content (AvgIpc) is 2.38. The second-order valence-electron chi connectivity index (χ2n) is 4.41. The first-order chi connectivity index (χ1) is 8.97. The molecule has 0 radical (unpaired) electrons. The van der Waals surface area contributed by atoms with E-state index in [0.717, 1.165) is 5.56 Å². The summed E-state index contributed by atoms with van der Waals surface area (Å²) in [6.45, 7) is 5.33. The lowest BCUT2D eigenvalue weighted by Crippen LogP contribution is -2.42. The number of carbonyl (C=O) groups is 2. The van der Waals surface area contributed by atoms with Gasteiger partial charge in [-0.15, -0.1) is 0 Å². The summed E-state index contributed by atoms with van der Waals surface area (Å²) in [5.41, 5.74) is -0.0829. The van der Waals surface area contributed by atoms with E-state index in [4.69, 9.17) is 4.74 Å². The standard InChI is InChI=1S/C14H19NO4/c1-4-14(12(16)17,13(18)19-5-2)9-11-10(3)7-6-8-15-11/h6-8H,4-5,9H2,1-3H3,(H,16,17). The Labute approximate surface area is 112 Å². The molecular weight excluding hydrogens is 246 g/mol. The molecule has 1 aromatic rings. The molecule has 1 heterocycles. The SMILES string of the molecule is CCOC(=O)C(CC)(Cc1ncccc1C)C(=O)O. The molecule has 0 amide bonds. The summed E-state index contributed by atoms with van der Waals surface area (Å²) >= 11 is 0. The van der Waals surface area contributed by atoms with Crippen molar-refractivity contribution in [3.63, 3.8) is 0 Å². The van der Waals surface area contributed by atoms with Crippen LogP contribution < -0.4 is 0 Å². The highest BCUT2D eigenvalue weighted by molar-refractivity contribution is 5.99. The summed E-state index contributed by atoms with van der Waals surface area (Å²) < 4.78 is 4.92. The van der Waals surface area contributed by atoms with Crippen molar-refractivity contribution < 1.29 is 19.4 Å². The van der Waals surface area contributed by atoms with Gasteiger partial charge in [0, 0.05) is 18.3 Å². The van der Waals surface area contributed by atoms with Gasteiger partial charge >= 0.3 is 11.9 Å². The van der Waals surface area contributed by atoms with Gasteiger partial charge in [-0.3, -0.25) is 14.6 Å². The molecule has 104 valence electrons. The molecule has 0 aliphatic heterocycles. The lowest BCUT2D eigenvalue weighted by Gasteiger charge is -2.25. The van der Waals surface area contributed by atoms with Crippen molar-refractivity contribution in [1.82, 2.24) is 4.98 Å². The van der Waals surface area contributed by atoms with Crippen LogP contribution in [0.15, 0.2) is 18.3 Å². The van der Waals surface area contributed by atoms with E-state index in [1.807, 2.05) is 13.0 Å². The zero-order valence-corrected chi connectivity index (χ0v) is 11.5. The number of carboxylic acids is 1. The van der Waals surface area contributed by atoms with Gasteiger partial charge in [-0.25, -0.2) is 0 Å². The van der Waals surface area contributed by atoms with E-state index in [9.17, 15) is 14.7 Å². The lowest BCUT2D eigenvalue weighted by molar-refractivity contribution is -0.169. The highest BCUT2D eigenvalue weighted by Gasteiger charge is 2.46. The number of esters is 1. The molecule has 19 heavy (non-hydrogen) atoms. The van der Waals surface area contributed by atoms with Crippen molar-refractivity contribution in [2.45, 2.75) is 33.6 Å². The van der Waals surface area contributed by atoms with Crippen LogP contribution in [0.5, 0.6) is 0 Å². The summed E-state index contributed by atoms with van der Waals surface area (Å²) in [7, 11) is 0. The van der Waals surface area contributed by atoms with Crippen LogP contribution in [0, 0.1) is 12.3 Å². The number of nitrogens with zero attached hydrogens (tertiary/aromatic N) is 1. The minimum absolute atomic E-state index is 0.0460. The fourth-order valence-electron chi connectivity index (χ4n) is 1.91. The van der Waals surface area contributed by atoms with Gasteiger partial charge < -0.3 is 9.84 Å². The summed E-state index contributed by atoms with van der Waals surface area (Å²) in [6.07, 6.45) is 1.80. The number of hydrogen-bond donors (Lipinski definition) is 1. The molecule has 5 heteroatoms. The third kappa shape index (κ3) is 3.10. The first kappa shape index (κ1) is 15.1. The molecule has 0 saturated heterocycles. The van der Waals surface area contributed by atoms with Crippen LogP contribution in [-0.2, 0) is 20.7 Å². The van der Waals surface area contributed by atoms with Crippen LogP contribution in [0.3, 0.4) is 0 Å². The van der Waals surface area contributed by atoms with E-state index in [1.165, 1.54) is 0 Å². The van der Waals surface area contributed by atoms with Crippen molar-refractivity contribution in [1.29, 1.82) is 0 Å². The van der Waals surface area contributed by atoms with Crippen LogP contribution in [-0.4, -0.2) is 28.6 Å². The fraction of sp³-hybridized carbons (Fsp3) is 0.500. The van der Waals surface area contributed by atoms with Gasteiger partial charge in [0.15, 0.2) is 5.41 Å². The van der Waals surface area contributed by atoms with Gasteiger partial charge in [-0.2, -0.15) is 0 Å². The topological polar surface area (TPSA) is 76.5 Å². The summed E-state index contributed by atoms with van der Waals surface area (Å²) in [6, 6.07) is 3.62. The van der Waals surface area contributed by atoms with Gasteiger partial charge in [-0.05, 0) is 31.9 Å². The zero-order chi connectivity index (χ0) is 14.5. The van der Waals surface area contributed by atoms with Crippen LogP contribution in [0.1, 0.15) is 31.5 Å². The number of aryl methyl sites for hydroxylation is 1. The van der Waals surface area contributed by atoms with Gasteiger partial charge in [0.05, 0.1) is 6.61 Å². The Kier molecular flexibility index (Phi) is 5.03. The molecule has 5 nitrogen and oxygen atoms in total. The normalized spacial score (nSPS) is 13.6. The van der Waals surface area contributed by atoms with Crippen LogP contribution in [0.25, 0.3) is 0 Å².